The first-order valence-electron chi connectivity index (χ1n) is 8.54. The van der Waals surface area contributed by atoms with E-state index in [-0.39, 0.29) is 18.1 Å². The Morgan fingerprint density at radius 3 is 2.70 bits per heavy atom. The fourth-order valence-corrected chi connectivity index (χ4v) is 2.66. The number of rotatable bonds is 6. The summed E-state index contributed by atoms with van der Waals surface area (Å²) in [5.74, 6) is 0.225. The summed E-state index contributed by atoms with van der Waals surface area (Å²) in [5, 5.41) is 2.73. The van der Waals surface area contributed by atoms with E-state index in [9.17, 15) is 9.59 Å². The van der Waals surface area contributed by atoms with Crippen LogP contribution in [0, 0.1) is 6.92 Å². The van der Waals surface area contributed by atoms with Crippen molar-refractivity contribution in [3.05, 3.63) is 53.1 Å². The standard InChI is InChI=1S/C20H21NO6/c1-13-5-3-4-6-14(13)11-21-18(22)12-27-20(23)15-9-16(24-2)19-17(10-15)25-7-8-26-19/h3-6,9-10H,7-8,11-12H2,1-2H3,(H,21,22). The van der Waals surface area contributed by atoms with Gasteiger partial charge in [-0.25, -0.2) is 4.79 Å². The number of esters is 1. The van der Waals surface area contributed by atoms with E-state index in [2.05, 4.69) is 5.32 Å². The third kappa shape index (κ3) is 4.49. The molecule has 1 aliphatic heterocycles. The van der Waals surface area contributed by atoms with Gasteiger partial charge in [-0.15, -0.1) is 0 Å². The molecule has 0 bridgehead atoms. The summed E-state index contributed by atoms with van der Waals surface area (Å²) in [6.07, 6.45) is 0. The normalized spacial score (nSPS) is 12.2. The molecule has 0 aromatic heterocycles. The van der Waals surface area contributed by atoms with Crippen LogP contribution in [0.4, 0.5) is 0 Å². The van der Waals surface area contributed by atoms with E-state index in [1.807, 2.05) is 31.2 Å². The highest BCUT2D eigenvalue weighted by Crippen LogP contribution is 2.40. The van der Waals surface area contributed by atoms with Gasteiger partial charge in [-0.2, -0.15) is 0 Å². The van der Waals surface area contributed by atoms with E-state index < -0.39 is 5.97 Å². The van der Waals surface area contributed by atoms with Crippen LogP contribution in [0.25, 0.3) is 0 Å². The van der Waals surface area contributed by atoms with Crippen LogP contribution in [0.3, 0.4) is 0 Å². The van der Waals surface area contributed by atoms with Crippen molar-refractivity contribution in [3.8, 4) is 17.2 Å². The van der Waals surface area contributed by atoms with E-state index in [0.29, 0.717) is 37.0 Å². The van der Waals surface area contributed by atoms with E-state index in [0.717, 1.165) is 11.1 Å². The summed E-state index contributed by atoms with van der Waals surface area (Å²) in [5.41, 5.74) is 2.31. The van der Waals surface area contributed by atoms with Crippen molar-refractivity contribution in [1.82, 2.24) is 5.32 Å². The Morgan fingerprint density at radius 1 is 1.15 bits per heavy atom. The molecule has 0 aliphatic carbocycles. The predicted molar refractivity (Wildman–Crippen MR) is 97.3 cm³/mol. The molecule has 1 N–H and O–H groups in total. The SMILES string of the molecule is COc1cc(C(=O)OCC(=O)NCc2ccccc2C)cc2c1OCCO2. The minimum atomic E-state index is -0.642. The van der Waals surface area contributed by atoms with Crippen molar-refractivity contribution in [2.45, 2.75) is 13.5 Å². The monoisotopic (exact) mass is 371 g/mol. The molecule has 3 rings (SSSR count). The fourth-order valence-electron chi connectivity index (χ4n) is 2.66. The Bertz CT molecular complexity index is 831. The van der Waals surface area contributed by atoms with Crippen molar-refractivity contribution in [2.24, 2.45) is 0 Å². The van der Waals surface area contributed by atoms with E-state index >= 15 is 0 Å². The van der Waals surface area contributed by atoms with Gasteiger partial charge < -0.3 is 24.3 Å². The summed E-state index contributed by atoms with van der Waals surface area (Å²) >= 11 is 0. The maximum absolute atomic E-state index is 12.3. The van der Waals surface area contributed by atoms with Crippen LogP contribution < -0.4 is 19.5 Å². The van der Waals surface area contributed by atoms with Crippen LogP contribution in [0.1, 0.15) is 21.5 Å². The van der Waals surface area contributed by atoms with Gasteiger partial charge in [-0.1, -0.05) is 24.3 Å². The van der Waals surface area contributed by atoms with Crippen molar-refractivity contribution in [2.75, 3.05) is 26.9 Å². The number of hydrogen-bond acceptors (Lipinski definition) is 6. The number of aryl methyl sites for hydroxylation is 1. The highest BCUT2D eigenvalue weighted by atomic mass is 16.6. The van der Waals surface area contributed by atoms with Crippen LogP contribution >= 0.6 is 0 Å². The Labute approximate surface area is 157 Å². The Morgan fingerprint density at radius 2 is 1.93 bits per heavy atom. The Kier molecular flexibility index (Phi) is 5.80. The number of benzene rings is 2. The van der Waals surface area contributed by atoms with Gasteiger partial charge in [-0.3, -0.25) is 4.79 Å². The van der Waals surface area contributed by atoms with Crippen LogP contribution in [-0.2, 0) is 16.1 Å². The molecule has 0 unspecified atom stereocenters. The summed E-state index contributed by atoms with van der Waals surface area (Å²) < 4.78 is 21.3. The number of hydrogen-bond donors (Lipinski definition) is 1. The molecule has 142 valence electrons. The van der Waals surface area contributed by atoms with Gasteiger partial charge in [0.1, 0.15) is 13.2 Å². The molecular weight excluding hydrogens is 350 g/mol. The lowest BCUT2D eigenvalue weighted by atomic mass is 10.1. The summed E-state index contributed by atoms with van der Waals surface area (Å²) in [7, 11) is 1.47. The number of methoxy groups -OCH3 is 1. The largest absolute Gasteiger partial charge is 0.493 e. The van der Waals surface area contributed by atoms with Crippen LogP contribution in [0.5, 0.6) is 17.2 Å². The quantitative estimate of drug-likeness (QED) is 0.784. The number of carbonyl (C=O) groups is 2. The van der Waals surface area contributed by atoms with E-state index in [1.54, 1.807) is 0 Å². The second-order valence-corrected chi connectivity index (χ2v) is 5.98. The molecule has 0 fully saturated rings. The van der Waals surface area contributed by atoms with Crippen molar-refractivity contribution in [3.63, 3.8) is 0 Å². The number of fused-ring (bicyclic) bond motifs is 1. The molecule has 7 heteroatoms. The molecule has 1 aliphatic rings. The topological polar surface area (TPSA) is 83.1 Å². The number of amides is 1. The molecule has 1 amide bonds. The summed E-state index contributed by atoms with van der Waals surface area (Å²) in [6.45, 7) is 2.77. The van der Waals surface area contributed by atoms with E-state index in [4.69, 9.17) is 18.9 Å². The first-order valence-corrected chi connectivity index (χ1v) is 8.54. The number of nitrogens with one attached hydrogen (secondary N) is 1. The van der Waals surface area contributed by atoms with Crippen LogP contribution in [0.15, 0.2) is 36.4 Å². The first kappa shape index (κ1) is 18.6. The van der Waals surface area contributed by atoms with Gasteiger partial charge in [0.15, 0.2) is 18.1 Å². The minimum Gasteiger partial charge on any atom is -0.493 e. The molecule has 0 atom stereocenters. The highest BCUT2D eigenvalue weighted by molar-refractivity contribution is 5.92. The lowest BCUT2D eigenvalue weighted by Gasteiger charge is -2.21. The van der Waals surface area contributed by atoms with Crippen molar-refractivity contribution >= 4 is 11.9 Å². The smallest absolute Gasteiger partial charge is 0.338 e. The van der Waals surface area contributed by atoms with Gasteiger partial charge in [0.2, 0.25) is 5.75 Å². The maximum Gasteiger partial charge on any atom is 0.338 e. The van der Waals surface area contributed by atoms with Gasteiger partial charge in [0.25, 0.3) is 5.91 Å². The molecule has 27 heavy (non-hydrogen) atoms. The Hall–Kier alpha value is -3.22. The molecular formula is C20H21NO6. The Balaban J connectivity index is 1.57. The van der Waals surface area contributed by atoms with Gasteiger partial charge in [0, 0.05) is 6.54 Å². The van der Waals surface area contributed by atoms with Crippen molar-refractivity contribution in [1.29, 1.82) is 0 Å². The third-order valence-corrected chi connectivity index (χ3v) is 4.14. The lowest BCUT2D eigenvalue weighted by molar-refractivity contribution is -0.124. The zero-order chi connectivity index (χ0) is 19.2. The van der Waals surface area contributed by atoms with Gasteiger partial charge in [0.05, 0.1) is 12.7 Å². The molecule has 2 aromatic rings. The average Bonchev–Trinajstić information content (AvgIpc) is 2.70. The maximum atomic E-state index is 12.3. The van der Waals surface area contributed by atoms with E-state index in [1.165, 1.54) is 19.2 Å². The lowest BCUT2D eigenvalue weighted by Crippen LogP contribution is -2.28. The summed E-state index contributed by atoms with van der Waals surface area (Å²) in [4.78, 5) is 24.2. The second-order valence-electron chi connectivity index (χ2n) is 5.98. The number of carbonyl (C=O) groups excluding carboxylic acids is 2. The van der Waals surface area contributed by atoms with Gasteiger partial charge in [-0.05, 0) is 30.2 Å². The highest BCUT2D eigenvalue weighted by Gasteiger charge is 2.22. The number of ether oxygens (including phenoxy) is 4. The second kappa shape index (κ2) is 8.44. The third-order valence-electron chi connectivity index (χ3n) is 4.14. The molecule has 7 nitrogen and oxygen atoms in total. The average molecular weight is 371 g/mol. The molecule has 1 heterocycles. The molecule has 0 saturated heterocycles. The van der Waals surface area contributed by atoms with Crippen LogP contribution in [-0.4, -0.2) is 38.8 Å². The fraction of sp³-hybridized carbons (Fsp3) is 0.300. The first-order chi connectivity index (χ1) is 13.1. The molecule has 0 radical (unpaired) electrons. The van der Waals surface area contributed by atoms with Crippen molar-refractivity contribution < 1.29 is 28.5 Å². The zero-order valence-electron chi connectivity index (χ0n) is 15.2. The molecule has 2 aromatic carbocycles. The minimum absolute atomic E-state index is 0.225. The molecule has 0 saturated carbocycles. The predicted octanol–water partition coefficient (Wildman–Crippen LogP) is 2.25. The zero-order valence-corrected chi connectivity index (χ0v) is 15.2. The molecule has 0 spiro atoms. The van der Waals surface area contributed by atoms with Crippen LogP contribution in [0.2, 0.25) is 0 Å². The summed E-state index contributed by atoms with van der Waals surface area (Å²) in [6, 6.07) is 10.8. The van der Waals surface area contributed by atoms with Gasteiger partial charge >= 0.3 is 5.97 Å².